The third kappa shape index (κ3) is 1.92. The standard InChI is InChI=1S/C13H15NO3S/c1-17-9-13(8-14)11(12(13)18(2,15)16)10-6-4-3-5-7-10/h3-7,11-12H,9H2,1-2H3/t11-,12+,13+/m1/s1. The first-order valence-corrected chi connectivity index (χ1v) is 7.57. The van der Waals surface area contributed by atoms with Crippen LogP contribution in [0.25, 0.3) is 0 Å². The number of nitriles is 1. The monoisotopic (exact) mass is 265 g/mol. The lowest BCUT2D eigenvalue weighted by Crippen LogP contribution is -2.17. The Morgan fingerprint density at radius 3 is 2.44 bits per heavy atom. The Bertz CT molecular complexity index is 576. The fourth-order valence-corrected chi connectivity index (χ4v) is 4.59. The van der Waals surface area contributed by atoms with Crippen LogP contribution < -0.4 is 0 Å². The summed E-state index contributed by atoms with van der Waals surface area (Å²) >= 11 is 0. The third-order valence-electron chi connectivity index (χ3n) is 3.47. The van der Waals surface area contributed by atoms with E-state index in [1.807, 2.05) is 30.3 Å². The topological polar surface area (TPSA) is 67.2 Å². The van der Waals surface area contributed by atoms with Gasteiger partial charge in [-0.1, -0.05) is 30.3 Å². The molecule has 1 aliphatic carbocycles. The van der Waals surface area contributed by atoms with Crippen molar-refractivity contribution < 1.29 is 13.2 Å². The fraction of sp³-hybridized carbons (Fsp3) is 0.462. The predicted molar refractivity (Wildman–Crippen MR) is 67.7 cm³/mol. The quantitative estimate of drug-likeness (QED) is 0.824. The molecule has 0 aliphatic heterocycles. The van der Waals surface area contributed by atoms with Gasteiger partial charge in [-0.25, -0.2) is 8.42 Å². The molecule has 0 radical (unpaired) electrons. The molecule has 1 aromatic rings. The summed E-state index contributed by atoms with van der Waals surface area (Å²) in [5, 5.41) is 8.69. The Kier molecular flexibility index (Phi) is 3.18. The van der Waals surface area contributed by atoms with E-state index in [4.69, 9.17) is 4.74 Å². The Balaban J connectivity index is 2.45. The maximum atomic E-state index is 11.8. The number of hydrogen-bond donors (Lipinski definition) is 0. The molecule has 1 aromatic carbocycles. The van der Waals surface area contributed by atoms with E-state index in [1.165, 1.54) is 13.4 Å². The van der Waals surface area contributed by atoms with Gasteiger partial charge in [-0.2, -0.15) is 5.26 Å². The lowest BCUT2D eigenvalue weighted by atomic mass is 10.0. The zero-order valence-electron chi connectivity index (χ0n) is 10.3. The lowest BCUT2D eigenvalue weighted by molar-refractivity contribution is 0.162. The van der Waals surface area contributed by atoms with Crippen molar-refractivity contribution in [2.45, 2.75) is 11.2 Å². The molecule has 0 unspecified atom stereocenters. The average molecular weight is 265 g/mol. The maximum absolute atomic E-state index is 11.8. The summed E-state index contributed by atoms with van der Waals surface area (Å²) in [6.45, 7) is 0.140. The van der Waals surface area contributed by atoms with E-state index in [9.17, 15) is 13.7 Å². The Morgan fingerprint density at radius 1 is 1.39 bits per heavy atom. The number of methoxy groups -OCH3 is 1. The highest BCUT2D eigenvalue weighted by atomic mass is 32.2. The van der Waals surface area contributed by atoms with E-state index in [-0.39, 0.29) is 12.5 Å². The number of hydrogen-bond acceptors (Lipinski definition) is 4. The molecule has 1 fully saturated rings. The predicted octanol–water partition coefficient (Wildman–Crippen LogP) is 1.35. The SMILES string of the molecule is COC[C@@]1(C#N)[C@H](c2ccccc2)[C@@H]1S(C)(=O)=O. The molecule has 0 N–H and O–H groups in total. The van der Waals surface area contributed by atoms with Crippen molar-refractivity contribution in [2.75, 3.05) is 20.0 Å². The van der Waals surface area contributed by atoms with Gasteiger partial charge in [0.2, 0.25) is 0 Å². The zero-order valence-corrected chi connectivity index (χ0v) is 11.1. The molecule has 5 heteroatoms. The van der Waals surface area contributed by atoms with Gasteiger partial charge < -0.3 is 4.74 Å². The molecule has 4 nitrogen and oxygen atoms in total. The zero-order chi connectivity index (χ0) is 13.4. The van der Waals surface area contributed by atoms with Crippen molar-refractivity contribution in [2.24, 2.45) is 5.41 Å². The first-order chi connectivity index (χ1) is 8.47. The van der Waals surface area contributed by atoms with Crippen LogP contribution >= 0.6 is 0 Å². The van der Waals surface area contributed by atoms with Crippen molar-refractivity contribution in [3.05, 3.63) is 35.9 Å². The summed E-state index contributed by atoms with van der Waals surface area (Å²) in [5.74, 6) is -0.293. The highest BCUT2D eigenvalue weighted by molar-refractivity contribution is 7.91. The van der Waals surface area contributed by atoms with Crippen LogP contribution in [-0.2, 0) is 14.6 Å². The fourth-order valence-electron chi connectivity index (χ4n) is 2.74. The van der Waals surface area contributed by atoms with Crippen LogP contribution in [0, 0.1) is 16.7 Å². The van der Waals surface area contributed by atoms with Gasteiger partial charge >= 0.3 is 0 Å². The molecule has 96 valence electrons. The second kappa shape index (κ2) is 4.38. The number of sulfone groups is 1. The van der Waals surface area contributed by atoms with Gasteiger partial charge in [-0.3, -0.25) is 0 Å². The second-order valence-corrected chi connectivity index (χ2v) is 6.89. The summed E-state index contributed by atoms with van der Waals surface area (Å²) in [7, 11) is -1.79. The number of ether oxygens (including phenoxy) is 1. The van der Waals surface area contributed by atoms with Crippen LogP contribution in [0.2, 0.25) is 0 Å². The molecule has 0 amide bonds. The highest BCUT2D eigenvalue weighted by Gasteiger charge is 2.71. The van der Waals surface area contributed by atoms with Gasteiger partial charge in [0, 0.05) is 19.3 Å². The Hall–Kier alpha value is -1.38. The van der Waals surface area contributed by atoms with Crippen LogP contribution in [0.5, 0.6) is 0 Å². The first-order valence-electron chi connectivity index (χ1n) is 5.61. The molecular weight excluding hydrogens is 250 g/mol. The van der Waals surface area contributed by atoms with Crippen LogP contribution in [0.15, 0.2) is 30.3 Å². The van der Waals surface area contributed by atoms with Gasteiger partial charge in [0.05, 0.1) is 17.9 Å². The Labute approximate surface area is 107 Å². The van der Waals surface area contributed by atoms with Crippen LogP contribution in [0.1, 0.15) is 11.5 Å². The largest absolute Gasteiger partial charge is 0.383 e. The molecule has 3 atom stereocenters. The van der Waals surface area contributed by atoms with Crippen molar-refractivity contribution >= 4 is 9.84 Å². The summed E-state index contributed by atoms with van der Waals surface area (Å²) < 4.78 is 28.7. The molecule has 1 saturated carbocycles. The van der Waals surface area contributed by atoms with E-state index in [1.54, 1.807) is 0 Å². The lowest BCUT2D eigenvalue weighted by Gasteiger charge is -2.06. The van der Waals surface area contributed by atoms with Gasteiger partial charge in [-0.15, -0.1) is 0 Å². The third-order valence-corrected chi connectivity index (χ3v) is 5.08. The minimum Gasteiger partial charge on any atom is -0.383 e. The molecule has 2 rings (SSSR count). The summed E-state index contributed by atoms with van der Waals surface area (Å²) in [6.07, 6.45) is 1.18. The molecular formula is C13H15NO3S. The smallest absolute Gasteiger partial charge is 0.152 e. The van der Waals surface area contributed by atoms with Crippen LogP contribution in [0.3, 0.4) is 0 Å². The molecule has 18 heavy (non-hydrogen) atoms. The second-order valence-electron chi connectivity index (χ2n) is 4.72. The van der Waals surface area contributed by atoms with Gasteiger partial charge in [0.25, 0.3) is 0 Å². The minimum atomic E-state index is -3.27. The normalized spacial score (nSPS) is 30.7. The number of rotatable bonds is 4. The molecule has 0 aromatic heterocycles. The van der Waals surface area contributed by atoms with E-state index in [2.05, 4.69) is 6.07 Å². The van der Waals surface area contributed by atoms with Crippen molar-refractivity contribution in [3.63, 3.8) is 0 Å². The average Bonchev–Trinajstić information content (AvgIpc) is 3.00. The van der Waals surface area contributed by atoms with E-state index in [0.717, 1.165) is 5.56 Å². The molecule has 0 spiro atoms. The van der Waals surface area contributed by atoms with Crippen molar-refractivity contribution in [1.29, 1.82) is 5.26 Å². The van der Waals surface area contributed by atoms with Gasteiger partial charge in [-0.05, 0) is 5.56 Å². The summed E-state index contributed by atoms with van der Waals surface area (Å²) in [5.41, 5.74) is -0.0597. The summed E-state index contributed by atoms with van der Waals surface area (Å²) in [6, 6.07) is 11.4. The number of nitrogens with zero attached hydrogens (tertiary/aromatic N) is 1. The number of benzene rings is 1. The van der Waals surface area contributed by atoms with E-state index >= 15 is 0 Å². The molecule has 0 bridgehead atoms. The van der Waals surface area contributed by atoms with Gasteiger partial charge in [0.15, 0.2) is 9.84 Å². The van der Waals surface area contributed by atoms with Crippen molar-refractivity contribution in [3.8, 4) is 6.07 Å². The molecule has 0 heterocycles. The molecule has 1 aliphatic rings. The van der Waals surface area contributed by atoms with E-state index < -0.39 is 20.5 Å². The molecule has 0 saturated heterocycles. The van der Waals surface area contributed by atoms with Crippen LogP contribution in [0.4, 0.5) is 0 Å². The highest BCUT2D eigenvalue weighted by Crippen LogP contribution is 2.62. The summed E-state index contributed by atoms with van der Waals surface area (Å²) in [4.78, 5) is 0. The minimum absolute atomic E-state index is 0.140. The van der Waals surface area contributed by atoms with E-state index in [0.29, 0.717) is 0 Å². The Morgan fingerprint density at radius 2 is 2.00 bits per heavy atom. The maximum Gasteiger partial charge on any atom is 0.152 e. The van der Waals surface area contributed by atoms with Gasteiger partial charge in [0.1, 0.15) is 5.41 Å². The van der Waals surface area contributed by atoms with Crippen molar-refractivity contribution in [1.82, 2.24) is 0 Å². The van der Waals surface area contributed by atoms with Crippen LogP contribution in [-0.4, -0.2) is 33.6 Å². The first kappa shape index (κ1) is 13.1.